The summed E-state index contributed by atoms with van der Waals surface area (Å²) < 4.78 is 0. The molecular weight excluding hydrogens is 400 g/mol. The molecule has 1 N–H and O–H groups in total. The van der Waals surface area contributed by atoms with E-state index < -0.39 is 6.04 Å². The minimum Gasteiger partial charge on any atom is -0.340 e. The molecule has 6 nitrogen and oxygen atoms in total. The van der Waals surface area contributed by atoms with Crippen LogP contribution in [0.1, 0.15) is 38.9 Å². The predicted molar refractivity (Wildman–Crippen MR) is 116 cm³/mol. The van der Waals surface area contributed by atoms with Gasteiger partial charge in [-0.2, -0.15) is 0 Å². The van der Waals surface area contributed by atoms with Crippen LogP contribution in [0, 0.1) is 11.8 Å². The third-order valence-electron chi connectivity index (χ3n) is 5.53. The van der Waals surface area contributed by atoms with Crippen LogP contribution in [0.2, 0.25) is 5.02 Å². The molecule has 3 aromatic carbocycles. The lowest BCUT2D eigenvalue weighted by atomic mass is 10.0. The van der Waals surface area contributed by atoms with Crippen LogP contribution >= 0.6 is 11.6 Å². The standard InChI is InChI=1S/C23H17ClN4O2/c1-13-10-19-20(11-17(13)24)26-22(25-19)21(16-8-4-5-9-18(16)27-30)28-12-14-6-2-3-7-15(14)23(28)29/h2-11,21H,12H2,1H3,(H,25,26). The summed E-state index contributed by atoms with van der Waals surface area (Å²) in [4.78, 5) is 34.6. The summed E-state index contributed by atoms with van der Waals surface area (Å²) in [5.41, 5.74) is 4.95. The summed E-state index contributed by atoms with van der Waals surface area (Å²) in [6.07, 6.45) is 0. The molecule has 5 rings (SSSR count). The van der Waals surface area contributed by atoms with E-state index in [-0.39, 0.29) is 11.6 Å². The lowest BCUT2D eigenvalue weighted by Crippen LogP contribution is -2.30. The van der Waals surface area contributed by atoms with E-state index in [0.29, 0.717) is 34.0 Å². The Labute approximate surface area is 177 Å². The lowest BCUT2D eigenvalue weighted by Gasteiger charge is -2.27. The third-order valence-corrected chi connectivity index (χ3v) is 5.94. The molecule has 0 bridgehead atoms. The molecule has 1 aliphatic heterocycles. The summed E-state index contributed by atoms with van der Waals surface area (Å²) in [6.45, 7) is 2.34. The van der Waals surface area contributed by atoms with Crippen molar-refractivity contribution < 1.29 is 4.79 Å². The molecule has 1 amide bonds. The fourth-order valence-electron chi connectivity index (χ4n) is 4.04. The Morgan fingerprint density at radius 2 is 1.90 bits per heavy atom. The number of halogens is 1. The van der Waals surface area contributed by atoms with Crippen LogP contribution in [0.5, 0.6) is 0 Å². The Balaban J connectivity index is 1.70. The van der Waals surface area contributed by atoms with Gasteiger partial charge in [-0.05, 0) is 47.5 Å². The molecule has 7 heteroatoms. The van der Waals surface area contributed by atoms with Crippen molar-refractivity contribution in [1.82, 2.24) is 14.9 Å². The van der Waals surface area contributed by atoms with Crippen molar-refractivity contribution >= 4 is 34.2 Å². The number of hydrogen-bond donors (Lipinski definition) is 1. The van der Waals surface area contributed by atoms with E-state index in [0.717, 1.165) is 16.6 Å². The number of aryl methyl sites for hydroxylation is 1. The van der Waals surface area contributed by atoms with Crippen LogP contribution in [0.4, 0.5) is 5.69 Å². The number of fused-ring (bicyclic) bond motifs is 2. The first-order chi connectivity index (χ1) is 14.6. The van der Waals surface area contributed by atoms with Crippen LogP contribution in [-0.4, -0.2) is 20.8 Å². The average Bonchev–Trinajstić information content (AvgIpc) is 3.30. The molecular formula is C23H17ClN4O2. The van der Waals surface area contributed by atoms with E-state index in [2.05, 4.69) is 10.2 Å². The average molecular weight is 417 g/mol. The first kappa shape index (κ1) is 18.5. The summed E-state index contributed by atoms with van der Waals surface area (Å²) in [6, 6.07) is 17.7. The zero-order chi connectivity index (χ0) is 20.8. The van der Waals surface area contributed by atoms with Crippen LogP contribution in [0.3, 0.4) is 0 Å². The second-order valence-corrected chi connectivity index (χ2v) is 7.79. The van der Waals surface area contributed by atoms with Gasteiger partial charge in [0, 0.05) is 22.7 Å². The van der Waals surface area contributed by atoms with Gasteiger partial charge < -0.3 is 9.88 Å². The molecule has 30 heavy (non-hydrogen) atoms. The van der Waals surface area contributed by atoms with Crippen molar-refractivity contribution in [2.24, 2.45) is 5.18 Å². The number of H-pyrrole nitrogens is 1. The number of aromatic nitrogens is 2. The van der Waals surface area contributed by atoms with Gasteiger partial charge in [0.25, 0.3) is 5.91 Å². The van der Waals surface area contributed by atoms with Gasteiger partial charge in [-0.15, -0.1) is 4.91 Å². The van der Waals surface area contributed by atoms with E-state index in [1.165, 1.54) is 0 Å². The quantitative estimate of drug-likeness (QED) is 0.435. The van der Waals surface area contributed by atoms with Crippen LogP contribution in [-0.2, 0) is 6.54 Å². The second kappa shape index (κ2) is 7.07. The van der Waals surface area contributed by atoms with Crippen molar-refractivity contribution in [3.05, 3.63) is 98.7 Å². The van der Waals surface area contributed by atoms with Gasteiger partial charge in [-0.1, -0.05) is 48.0 Å². The van der Waals surface area contributed by atoms with Crippen molar-refractivity contribution in [1.29, 1.82) is 0 Å². The first-order valence-electron chi connectivity index (χ1n) is 9.53. The monoisotopic (exact) mass is 416 g/mol. The SMILES string of the molecule is Cc1cc2[nH]c(C(c3ccccc3N=O)N3Cc4ccccc4C3=O)nc2cc1Cl. The van der Waals surface area contributed by atoms with Crippen LogP contribution < -0.4 is 0 Å². The fourth-order valence-corrected chi connectivity index (χ4v) is 4.20. The topological polar surface area (TPSA) is 78.4 Å². The van der Waals surface area contributed by atoms with Crippen molar-refractivity contribution in [2.75, 3.05) is 0 Å². The molecule has 1 aromatic heterocycles. The molecule has 4 aromatic rings. The number of hydrogen-bond acceptors (Lipinski definition) is 4. The number of imidazole rings is 1. The molecule has 148 valence electrons. The molecule has 0 spiro atoms. The molecule has 0 saturated heterocycles. The molecule has 1 atom stereocenters. The summed E-state index contributed by atoms with van der Waals surface area (Å²) >= 11 is 6.28. The zero-order valence-electron chi connectivity index (χ0n) is 16.1. The molecule has 1 aliphatic rings. The highest BCUT2D eigenvalue weighted by atomic mass is 35.5. The lowest BCUT2D eigenvalue weighted by molar-refractivity contribution is 0.0726. The first-order valence-corrected chi connectivity index (χ1v) is 9.91. The number of nitrogens with one attached hydrogen (secondary N) is 1. The number of rotatable bonds is 4. The number of aromatic amines is 1. The van der Waals surface area contributed by atoms with Gasteiger partial charge >= 0.3 is 0 Å². The maximum atomic E-state index is 13.3. The minimum absolute atomic E-state index is 0.106. The van der Waals surface area contributed by atoms with Gasteiger partial charge in [-0.3, -0.25) is 4.79 Å². The highest BCUT2D eigenvalue weighted by molar-refractivity contribution is 6.32. The van der Waals surface area contributed by atoms with Gasteiger partial charge in [0.1, 0.15) is 17.6 Å². The smallest absolute Gasteiger partial charge is 0.255 e. The third kappa shape index (κ3) is 2.88. The fraction of sp³-hybridized carbons (Fsp3) is 0.130. The van der Waals surface area contributed by atoms with E-state index in [1.54, 1.807) is 23.1 Å². The number of nitroso groups, excluding NO2 is 1. The molecule has 0 aliphatic carbocycles. The Hall–Kier alpha value is -3.51. The Kier molecular flexibility index (Phi) is 4.37. The largest absolute Gasteiger partial charge is 0.340 e. The van der Waals surface area contributed by atoms with E-state index in [1.807, 2.05) is 49.4 Å². The normalized spacial score (nSPS) is 14.2. The highest BCUT2D eigenvalue weighted by Gasteiger charge is 2.37. The maximum absolute atomic E-state index is 13.3. The van der Waals surface area contributed by atoms with Gasteiger partial charge in [0.05, 0.1) is 11.0 Å². The second-order valence-electron chi connectivity index (χ2n) is 7.38. The molecule has 2 heterocycles. The highest BCUT2D eigenvalue weighted by Crippen LogP contribution is 2.39. The number of amides is 1. The molecule has 1 unspecified atom stereocenters. The van der Waals surface area contributed by atoms with E-state index >= 15 is 0 Å². The number of nitrogens with zero attached hydrogens (tertiary/aromatic N) is 3. The summed E-state index contributed by atoms with van der Waals surface area (Å²) in [7, 11) is 0. The number of carbonyl (C=O) groups is 1. The molecule has 0 radical (unpaired) electrons. The Morgan fingerprint density at radius 1 is 1.13 bits per heavy atom. The van der Waals surface area contributed by atoms with Crippen molar-refractivity contribution in [2.45, 2.75) is 19.5 Å². The summed E-state index contributed by atoms with van der Waals surface area (Å²) in [5, 5.41) is 3.82. The van der Waals surface area contributed by atoms with Gasteiger partial charge in [0.2, 0.25) is 0 Å². The van der Waals surface area contributed by atoms with Crippen LogP contribution in [0.15, 0.2) is 65.8 Å². The van der Waals surface area contributed by atoms with Gasteiger partial charge in [-0.25, -0.2) is 4.98 Å². The maximum Gasteiger partial charge on any atom is 0.255 e. The van der Waals surface area contributed by atoms with E-state index in [9.17, 15) is 9.70 Å². The number of carbonyl (C=O) groups excluding carboxylic acids is 1. The minimum atomic E-state index is -0.592. The number of benzene rings is 3. The zero-order valence-corrected chi connectivity index (χ0v) is 16.8. The summed E-state index contributed by atoms with van der Waals surface area (Å²) in [5.74, 6) is 0.454. The Morgan fingerprint density at radius 3 is 2.70 bits per heavy atom. The van der Waals surface area contributed by atoms with Crippen molar-refractivity contribution in [3.63, 3.8) is 0 Å². The van der Waals surface area contributed by atoms with E-state index in [4.69, 9.17) is 16.6 Å². The van der Waals surface area contributed by atoms with Crippen molar-refractivity contribution in [3.8, 4) is 0 Å². The molecule has 0 fully saturated rings. The predicted octanol–water partition coefficient (Wildman–Crippen LogP) is 5.67. The molecule has 0 saturated carbocycles. The van der Waals surface area contributed by atoms with Gasteiger partial charge in [0.15, 0.2) is 0 Å². The van der Waals surface area contributed by atoms with Crippen LogP contribution in [0.25, 0.3) is 11.0 Å². The Bertz CT molecular complexity index is 1270.